The smallest absolute Gasteiger partial charge is 0.0716 e. The van der Waals surface area contributed by atoms with Crippen LogP contribution >= 0.6 is 0 Å². The summed E-state index contributed by atoms with van der Waals surface area (Å²) >= 11 is 0. The van der Waals surface area contributed by atoms with Crippen LogP contribution in [0.1, 0.15) is 51.9 Å². The molecule has 58 heavy (non-hydrogen) atoms. The van der Waals surface area contributed by atoms with Gasteiger partial charge in [-0.05, 0) is 143 Å². The maximum atomic E-state index is 2.61. The Morgan fingerprint density at radius 1 is 0.414 bits per heavy atom. The van der Waals surface area contributed by atoms with Crippen LogP contribution in [0, 0.1) is 6.92 Å². The van der Waals surface area contributed by atoms with E-state index in [0.29, 0.717) is 0 Å². The Kier molecular flexibility index (Phi) is 7.35. The normalized spacial score (nSPS) is 15.8. The van der Waals surface area contributed by atoms with Gasteiger partial charge in [-0.1, -0.05) is 133 Å². The van der Waals surface area contributed by atoms with Gasteiger partial charge in [-0.3, -0.25) is 0 Å². The minimum absolute atomic E-state index is 0.437. The number of aromatic nitrogens is 2. The molecule has 2 heterocycles. The first-order valence-corrected chi connectivity index (χ1v) is 20.8. The molecule has 2 aromatic heterocycles. The lowest BCUT2D eigenvalue weighted by Gasteiger charge is -2.35. The Hall–Kier alpha value is -6.90. The molecule has 12 rings (SSSR count). The number of nitrogens with zero attached hydrogens (tertiary/aromatic N) is 2. The van der Waals surface area contributed by atoms with Crippen molar-refractivity contribution < 1.29 is 0 Å². The number of hydrogen-bond acceptors (Lipinski definition) is 0. The Morgan fingerprint density at radius 3 is 1.84 bits per heavy atom. The molecule has 0 amide bonds. The summed E-state index contributed by atoms with van der Waals surface area (Å²) < 4.78 is 5.01. The van der Waals surface area contributed by atoms with Gasteiger partial charge in [0.1, 0.15) is 0 Å². The van der Waals surface area contributed by atoms with Crippen molar-refractivity contribution in [2.24, 2.45) is 0 Å². The highest BCUT2D eigenvalue weighted by atomic mass is 15.0. The summed E-state index contributed by atoms with van der Waals surface area (Å²) in [4.78, 5) is 0. The largest absolute Gasteiger partial charge is 0.313 e. The van der Waals surface area contributed by atoms with Gasteiger partial charge in [0, 0.05) is 33.2 Å². The van der Waals surface area contributed by atoms with Gasteiger partial charge in [-0.15, -0.1) is 0 Å². The first kappa shape index (κ1) is 33.3. The third kappa shape index (κ3) is 4.66. The second-order valence-electron chi connectivity index (χ2n) is 16.3. The van der Waals surface area contributed by atoms with E-state index < -0.39 is 5.41 Å². The first-order valence-electron chi connectivity index (χ1n) is 20.8. The molecular formula is C56H42N2. The molecule has 0 spiro atoms. The molecule has 8 aromatic carbocycles. The van der Waals surface area contributed by atoms with Gasteiger partial charge in [-0.25, -0.2) is 0 Å². The van der Waals surface area contributed by atoms with Crippen LogP contribution in [-0.2, 0) is 18.3 Å². The van der Waals surface area contributed by atoms with Gasteiger partial charge in [0.15, 0.2) is 0 Å². The number of rotatable bonds is 5. The molecule has 0 saturated heterocycles. The summed E-state index contributed by atoms with van der Waals surface area (Å²) in [6.45, 7) is 2.27. The number of benzene rings is 8. The van der Waals surface area contributed by atoms with Gasteiger partial charge >= 0.3 is 0 Å². The summed E-state index contributed by atoms with van der Waals surface area (Å²) in [5.41, 5.74) is 20.6. The standard InChI is InChI=1S/C56H42N2/c1-37-16-8-12-24-49(37)56(40-17-4-2-5-18-40)50-25-13-9-21-43(50)44-31-30-42(36-51(44)56)58-53-27-15-11-23-46(53)48-35-39(29-33-55(48)58)38-28-32-54-47(34-38)45-22-10-14-26-52(45)57(54)41-19-6-3-7-20-41/h2-10,12-14,16-22,24-26,28-36H,11,15,23,27H2,1H3. The predicted octanol–water partition coefficient (Wildman–Crippen LogP) is 13.9. The topological polar surface area (TPSA) is 9.86 Å². The van der Waals surface area contributed by atoms with E-state index in [0.717, 1.165) is 12.8 Å². The van der Waals surface area contributed by atoms with E-state index in [9.17, 15) is 0 Å². The molecule has 0 aliphatic heterocycles. The fraction of sp³-hybridized carbons (Fsp3) is 0.107. The zero-order chi connectivity index (χ0) is 38.4. The van der Waals surface area contributed by atoms with Crippen molar-refractivity contribution in [3.63, 3.8) is 0 Å². The maximum Gasteiger partial charge on any atom is 0.0716 e. The van der Waals surface area contributed by atoms with E-state index in [1.165, 1.54) is 118 Å². The molecule has 0 fully saturated rings. The predicted molar refractivity (Wildman–Crippen MR) is 242 cm³/mol. The average molecular weight is 743 g/mol. The van der Waals surface area contributed by atoms with Crippen LogP contribution in [0.5, 0.6) is 0 Å². The van der Waals surface area contributed by atoms with Crippen molar-refractivity contribution in [2.45, 2.75) is 38.0 Å². The van der Waals surface area contributed by atoms with E-state index in [4.69, 9.17) is 0 Å². The maximum absolute atomic E-state index is 2.61. The molecule has 0 N–H and O–H groups in total. The second kappa shape index (κ2) is 12.8. The number of hydrogen-bond donors (Lipinski definition) is 0. The molecule has 0 saturated carbocycles. The van der Waals surface area contributed by atoms with E-state index in [-0.39, 0.29) is 0 Å². The molecule has 0 radical (unpaired) electrons. The summed E-state index contributed by atoms with van der Waals surface area (Å²) in [5.74, 6) is 0. The van der Waals surface area contributed by atoms with E-state index in [2.05, 4.69) is 204 Å². The fourth-order valence-corrected chi connectivity index (χ4v) is 10.9. The lowest BCUT2D eigenvalue weighted by molar-refractivity contribution is 0.666. The molecule has 1 unspecified atom stereocenters. The summed E-state index contributed by atoms with van der Waals surface area (Å²) in [6, 6.07) is 70.5. The minimum Gasteiger partial charge on any atom is -0.313 e. The van der Waals surface area contributed by atoms with Crippen LogP contribution in [0.2, 0.25) is 0 Å². The number of aryl methyl sites for hydroxylation is 2. The van der Waals surface area contributed by atoms with Gasteiger partial charge in [0.2, 0.25) is 0 Å². The fourth-order valence-electron chi connectivity index (χ4n) is 10.9. The summed E-state index contributed by atoms with van der Waals surface area (Å²) in [7, 11) is 0. The highest BCUT2D eigenvalue weighted by molar-refractivity contribution is 6.10. The number of para-hydroxylation sites is 2. The second-order valence-corrected chi connectivity index (χ2v) is 16.3. The van der Waals surface area contributed by atoms with E-state index in [1.54, 1.807) is 0 Å². The van der Waals surface area contributed by atoms with Crippen molar-refractivity contribution in [2.75, 3.05) is 0 Å². The van der Waals surface area contributed by atoms with Crippen molar-refractivity contribution in [1.29, 1.82) is 0 Å². The van der Waals surface area contributed by atoms with E-state index >= 15 is 0 Å². The minimum atomic E-state index is -0.437. The monoisotopic (exact) mass is 742 g/mol. The molecule has 10 aromatic rings. The lowest BCUT2D eigenvalue weighted by Crippen LogP contribution is -2.29. The Bertz CT molecular complexity index is 3240. The van der Waals surface area contributed by atoms with Gasteiger partial charge < -0.3 is 9.13 Å². The summed E-state index contributed by atoms with van der Waals surface area (Å²) in [5, 5.41) is 3.95. The zero-order valence-electron chi connectivity index (χ0n) is 32.6. The average Bonchev–Trinajstić information content (AvgIpc) is 3.91. The molecule has 2 aliphatic rings. The molecule has 2 nitrogen and oxygen atoms in total. The SMILES string of the molecule is Cc1ccccc1C1(c2ccccc2)c2ccccc2-c2ccc(-n3c4c(c5cc(-c6ccc7c(c6)c6ccccc6n7-c6ccccc6)ccc53)CCCC4)cc21. The molecule has 2 heteroatoms. The van der Waals surface area contributed by atoms with Crippen LogP contribution in [0.15, 0.2) is 188 Å². The number of fused-ring (bicyclic) bond motifs is 9. The highest BCUT2D eigenvalue weighted by Crippen LogP contribution is 2.57. The van der Waals surface area contributed by atoms with Gasteiger partial charge in [0.05, 0.1) is 22.0 Å². The zero-order valence-corrected chi connectivity index (χ0v) is 32.6. The third-order valence-corrected chi connectivity index (χ3v) is 13.3. The molecule has 2 aliphatic carbocycles. The van der Waals surface area contributed by atoms with Crippen LogP contribution in [0.4, 0.5) is 0 Å². The molecule has 1 atom stereocenters. The Balaban J connectivity index is 1.06. The van der Waals surface area contributed by atoms with Crippen LogP contribution < -0.4 is 0 Å². The van der Waals surface area contributed by atoms with Crippen molar-refractivity contribution >= 4 is 32.7 Å². The molecular weight excluding hydrogens is 701 g/mol. The lowest BCUT2D eigenvalue weighted by atomic mass is 9.66. The summed E-state index contributed by atoms with van der Waals surface area (Å²) in [6.07, 6.45) is 4.64. The van der Waals surface area contributed by atoms with Gasteiger partial charge in [0.25, 0.3) is 0 Å². The molecule has 0 bridgehead atoms. The third-order valence-electron chi connectivity index (χ3n) is 13.3. The van der Waals surface area contributed by atoms with Crippen molar-refractivity contribution in [1.82, 2.24) is 9.13 Å². The highest BCUT2D eigenvalue weighted by Gasteiger charge is 2.47. The first-order chi connectivity index (χ1) is 28.7. The van der Waals surface area contributed by atoms with E-state index in [1.807, 2.05) is 0 Å². The van der Waals surface area contributed by atoms with Crippen LogP contribution in [0.3, 0.4) is 0 Å². The quantitative estimate of drug-likeness (QED) is 0.166. The Morgan fingerprint density at radius 2 is 1.03 bits per heavy atom. The van der Waals surface area contributed by atoms with Crippen LogP contribution in [-0.4, -0.2) is 9.13 Å². The van der Waals surface area contributed by atoms with Crippen molar-refractivity contribution in [3.05, 3.63) is 227 Å². The van der Waals surface area contributed by atoms with Crippen molar-refractivity contribution in [3.8, 4) is 33.6 Å². The van der Waals surface area contributed by atoms with Crippen LogP contribution in [0.25, 0.3) is 66.3 Å². The molecule has 276 valence electrons. The Labute approximate surface area is 339 Å². The van der Waals surface area contributed by atoms with Gasteiger partial charge in [-0.2, -0.15) is 0 Å².